The van der Waals surface area contributed by atoms with Gasteiger partial charge < -0.3 is 8.85 Å². The first kappa shape index (κ1) is 20.7. The second-order valence-electron chi connectivity index (χ2n) is 6.84. The normalized spacial score (nSPS) is 12.2. The zero-order valence-electron chi connectivity index (χ0n) is 15.1. The molecule has 0 spiro atoms. The molecule has 0 N–H and O–H groups in total. The Labute approximate surface area is 135 Å². The molecule has 0 rings (SSSR count). The molecule has 0 aliphatic rings. The van der Waals surface area contributed by atoms with Crippen molar-refractivity contribution in [1.29, 1.82) is 0 Å². The molecular weight excluding hydrogens is 308 g/mol. The largest absolute Gasteiger partial charge is 0.406 e. The van der Waals surface area contributed by atoms with Crippen molar-refractivity contribution in [3.63, 3.8) is 0 Å². The van der Waals surface area contributed by atoms with Crippen LogP contribution in [0.1, 0.15) is 26.7 Å². The van der Waals surface area contributed by atoms with Crippen molar-refractivity contribution in [2.75, 3.05) is 13.2 Å². The Morgan fingerprint density at radius 1 is 0.619 bits per heavy atom. The average molecular weight is 341 g/mol. The molecule has 120 valence electrons. The summed E-state index contributed by atoms with van der Waals surface area (Å²) in [5, 5.41) is 0. The Kier molecular flexibility index (Phi) is 8.84. The predicted octanol–water partition coefficient (Wildman–Crippen LogP) is 4.12. The van der Waals surface area contributed by atoms with Crippen LogP contribution in [0, 0.1) is 22.2 Å². The summed E-state index contributed by atoms with van der Waals surface area (Å²) in [6.07, 6.45) is 2.10. The van der Waals surface area contributed by atoms with Gasteiger partial charge >= 0.3 is 0 Å². The highest BCUT2D eigenvalue weighted by atomic mass is 28.4. The van der Waals surface area contributed by atoms with Gasteiger partial charge in [-0.1, -0.05) is 13.8 Å². The van der Waals surface area contributed by atoms with Crippen molar-refractivity contribution in [3.8, 4) is 22.2 Å². The van der Waals surface area contributed by atoms with Crippen LogP contribution in [0.25, 0.3) is 0 Å². The highest BCUT2D eigenvalue weighted by Gasteiger charge is 2.23. The molecule has 0 aromatic heterocycles. The zero-order chi connectivity index (χ0) is 16.6. The summed E-state index contributed by atoms with van der Waals surface area (Å²) in [5.74, 6) is 0. The molecule has 0 atom stereocenters. The fourth-order valence-electron chi connectivity index (χ4n) is 1.43. The Morgan fingerprint density at radius 2 is 0.952 bits per heavy atom. The Morgan fingerprint density at radius 3 is 1.24 bits per heavy atom. The van der Waals surface area contributed by atoms with Crippen molar-refractivity contribution in [3.05, 3.63) is 0 Å². The molecule has 0 heterocycles. The molecule has 0 unspecified atom stereocenters. The minimum Gasteiger partial charge on any atom is -0.406 e. The van der Waals surface area contributed by atoms with Gasteiger partial charge in [-0.15, -0.1) is 22.2 Å². The van der Waals surface area contributed by atoms with Crippen molar-refractivity contribution in [1.82, 2.24) is 0 Å². The average Bonchev–Trinajstić information content (AvgIpc) is 2.39. The molecule has 0 aromatic rings. The van der Waals surface area contributed by atoms with Crippen LogP contribution in [0.2, 0.25) is 39.3 Å². The van der Waals surface area contributed by atoms with E-state index < -0.39 is 24.7 Å². The van der Waals surface area contributed by atoms with Gasteiger partial charge in [0.25, 0.3) is 16.6 Å². The van der Waals surface area contributed by atoms with Gasteiger partial charge in [0.1, 0.15) is 0 Å². The van der Waals surface area contributed by atoms with Crippen LogP contribution in [0.15, 0.2) is 0 Å². The smallest absolute Gasteiger partial charge is 0.265 e. The van der Waals surface area contributed by atoms with E-state index in [9.17, 15) is 0 Å². The van der Waals surface area contributed by atoms with Crippen LogP contribution in [0.5, 0.6) is 0 Å². The van der Waals surface area contributed by atoms with Gasteiger partial charge in [-0.2, -0.15) is 0 Å². The molecule has 0 fully saturated rings. The fourth-order valence-corrected chi connectivity index (χ4v) is 7.98. The van der Waals surface area contributed by atoms with Gasteiger partial charge in [0.05, 0.1) is 0 Å². The van der Waals surface area contributed by atoms with Gasteiger partial charge in [0, 0.05) is 13.2 Å². The van der Waals surface area contributed by atoms with E-state index in [1.165, 1.54) is 0 Å². The third-order valence-electron chi connectivity index (χ3n) is 2.69. The third kappa shape index (κ3) is 11.0. The molecule has 0 radical (unpaired) electrons. The van der Waals surface area contributed by atoms with Crippen LogP contribution in [-0.4, -0.2) is 37.9 Å². The van der Waals surface area contributed by atoms with E-state index in [2.05, 4.69) is 75.3 Å². The first-order valence-corrected chi connectivity index (χ1v) is 16.7. The summed E-state index contributed by atoms with van der Waals surface area (Å²) < 4.78 is 11.8. The summed E-state index contributed by atoms with van der Waals surface area (Å²) in [4.78, 5) is 0. The van der Waals surface area contributed by atoms with Crippen LogP contribution >= 0.6 is 0 Å². The summed E-state index contributed by atoms with van der Waals surface area (Å²) in [6.45, 7) is 19.0. The van der Waals surface area contributed by atoms with Crippen LogP contribution in [-0.2, 0) is 8.85 Å². The highest BCUT2D eigenvalue weighted by Crippen LogP contribution is 2.07. The molecule has 0 saturated heterocycles. The maximum absolute atomic E-state index is 5.90. The second kappa shape index (κ2) is 8.97. The number of rotatable bonds is 6. The van der Waals surface area contributed by atoms with Crippen molar-refractivity contribution < 1.29 is 8.85 Å². The quantitative estimate of drug-likeness (QED) is 0.535. The lowest BCUT2D eigenvalue weighted by atomic mass is 10.5. The summed E-state index contributed by atoms with van der Waals surface area (Å²) in [6, 6.07) is 0. The molecule has 2 nitrogen and oxygen atoms in total. The molecule has 5 heteroatoms. The molecule has 0 aliphatic heterocycles. The molecule has 0 bridgehead atoms. The van der Waals surface area contributed by atoms with Crippen LogP contribution in [0.3, 0.4) is 0 Å². The van der Waals surface area contributed by atoms with Gasteiger partial charge in [-0.05, 0) is 52.1 Å². The van der Waals surface area contributed by atoms with Crippen molar-refractivity contribution in [2.24, 2.45) is 0 Å². The molecule has 0 amide bonds. The highest BCUT2D eigenvalue weighted by molar-refractivity contribution is 6.95. The minimum atomic E-state index is -1.84. The fraction of sp³-hybridized carbons (Fsp3) is 0.750. The van der Waals surface area contributed by atoms with E-state index in [0.29, 0.717) is 0 Å². The minimum absolute atomic E-state index is 0.812. The maximum Gasteiger partial charge on any atom is 0.265 e. The zero-order valence-corrected chi connectivity index (χ0v) is 18.1. The lowest BCUT2D eigenvalue weighted by molar-refractivity contribution is 0.316. The van der Waals surface area contributed by atoms with E-state index in [1.807, 2.05) is 0 Å². The third-order valence-corrected chi connectivity index (χ3v) is 7.99. The topological polar surface area (TPSA) is 18.5 Å². The second-order valence-corrected chi connectivity index (χ2v) is 17.7. The van der Waals surface area contributed by atoms with Crippen LogP contribution in [0.4, 0.5) is 0 Å². The van der Waals surface area contributed by atoms with E-state index in [0.717, 1.165) is 26.1 Å². The summed E-state index contributed by atoms with van der Waals surface area (Å²) in [7, 11) is -5.50. The first-order chi connectivity index (χ1) is 9.54. The monoisotopic (exact) mass is 340 g/mol. The first-order valence-electron chi connectivity index (χ1n) is 7.90. The lowest BCUT2D eigenvalue weighted by Crippen LogP contribution is -2.33. The number of hydrogen-bond donors (Lipinski definition) is 0. The Bertz CT molecular complexity index is 394. The van der Waals surface area contributed by atoms with Gasteiger partial charge in [0.2, 0.25) is 8.07 Å². The van der Waals surface area contributed by atoms with E-state index >= 15 is 0 Å². The Balaban J connectivity index is 4.86. The van der Waals surface area contributed by atoms with Gasteiger partial charge in [-0.25, -0.2) is 0 Å². The molecular formula is C16H32O2Si3. The van der Waals surface area contributed by atoms with E-state index in [-0.39, 0.29) is 0 Å². The molecule has 0 aliphatic carbocycles. The maximum atomic E-state index is 5.90. The molecule has 0 saturated carbocycles. The molecule has 21 heavy (non-hydrogen) atoms. The van der Waals surface area contributed by atoms with E-state index in [1.54, 1.807) is 0 Å². The SMILES string of the molecule is CCCO[Si](C)(C)C#C[Si](C)(C)C#C[Si](C)(C)OCCC. The van der Waals surface area contributed by atoms with Gasteiger partial charge in [0.15, 0.2) is 0 Å². The van der Waals surface area contributed by atoms with Crippen molar-refractivity contribution >= 4 is 24.7 Å². The summed E-state index contributed by atoms with van der Waals surface area (Å²) in [5.41, 5.74) is 13.7. The lowest BCUT2D eigenvalue weighted by Gasteiger charge is -2.17. The molecule has 0 aromatic carbocycles. The van der Waals surface area contributed by atoms with Crippen LogP contribution < -0.4 is 0 Å². The summed E-state index contributed by atoms with van der Waals surface area (Å²) >= 11 is 0. The Hall–Kier alpha value is -0.309. The number of hydrogen-bond acceptors (Lipinski definition) is 2. The predicted molar refractivity (Wildman–Crippen MR) is 100 cm³/mol. The van der Waals surface area contributed by atoms with Gasteiger partial charge in [-0.3, -0.25) is 0 Å². The standard InChI is InChI=1S/C16H32O2Si3/c1-9-11-17-20(5,6)15-13-19(3,4)14-16-21(7,8)18-12-10-2/h9-12H2,1-8H3. The van der Waals surface area contributed by atoms with E-state index in [4.69, 9.17) is 8.85 Å². The van der Waals surface area contributed by atoms with Crippen molar-refractivity contribution in [2.45, 2.75) is 66.0 Å².